The van der Waals surface area contributed by atoms with Gasteiger partial charge in [-0.2, -0.15) is 0 Å². The number of benzene rings is 3. The van der Waals surface area contributed by atoms with Crippen LogP contribution in [0.3, 0.4) is 0 Å². The van der Waals surface area contributed by atoms with E-state index in [1.165, 1.54) is 24.1 Å². The second kappa shape index (κ2) is 13.5. The van der Waals surface area contributed by atoms with Crippen molar-refractivity contribution in [2.24, 2.45) is 0 Å². The molecule has 2 atom stereocenters. The third-order valence-electron chi connectivity index (χ3n) is 6.40. The molecule has 3 aromatic carbocycles. The molecular formula is C29H34ClN3O5S. The number of nitrogens with zero attached hydrogens (tertiary/aromatic N) is 2. The SMILES string of the molecule is CC[C@H](C)NC(=O)[C@@H](C)N(Cc1ccc(Cl)cc1)C(=O)CN(c1ccccc1OC)S(=O)(=O)c1ccccc1. The van der Waals surface area contributed by atoms with Crippen molar-refractivity contribution in [2.45, 2.75) is 50.7 Å². The Morgan fingerprint density at radius 2 is 1.56 bits per heavy atom. The summed E-state index contributed by atoms with van der Waals surface area (Å²) in [5.74, 6) is -0.597. The van der Waals surface area contributed by atoms with Gasteiger partial charge in [0.15, 0.2) is 0 Å². The molecule has 0 spiro atoms. The highest BCUT2D eigenvalue weighted by molar-refractivity contribution is 7.92. The number of ether oxygens (including phenoxy) is 1. The fourth-order valence-corrected chi connectivity index (χ4v) is 5.48. The third-order valence-corrected chi connectivity index (χ3v) is 8.42. The maximum Gasteiger partial charge on any atom is 0.264 e. The van der Waals surface area contributed by atoms with Crippen molar-refractivity contribution in [2.75, 3.05) is 18.0 Å². The molecule has 0 aliphatic rings. The number of anilines is 1. The van der Waals surface area contributed by atoms with E-state index in [4.69, 9.17) is 16.3 Å². The quantitative estimate of drug-likeness (QED) is 0.334. The van der Waals surface area contributed by atoms with E-state index in [0.717, 1.165) is 16.3 Å². The van der Waals surface area contributed by atoms with Gasteiger partial charge >= 0.3 is 0 Å². The van der Waals surface area contributed by atoms with Crippen LogP contribution in [0.4, 0.5) is 5.69 Å². The van der Waals surface area contributed by atoms with Gasteiger partial charge in [0.2, 0.25) is 11.8 Å². The second-order valence-corrected chi connectivity index (χ2v) is 11.4. The first-order valence-corrected chi connectivity index (χ1v) is 14.4. The summed E-state index contributed by atoms with van der Waals surface area (Å²) in [7, 11) is -2.74. The molecule has 0 saturated heterocycles. The van der Waals surface area contributed by atoms with Gasteiger partial charge in [-0.1, -0.05) is 61.0 Å². The number of carbonyl (C=O) groups excluding carboxylic acids is 2. The van der Waals surface area contributed by atoms with Crippen LogP contribution in [0.2, 0.25) is 5.02 Å². The van der Waals surface area contributed by atoms with Crippen molar-refractivity contribution >= 4 is 39.1 Å². The Hall–Kier alpha value is -3.56. The largest absolute Gasteiger partial charge is 0.495 e. The molecule has 8 nitrogen and oxygen atoms in total. The number of nitrogens with one attached hydrogen (secondary N) is 1. The van der Waals surface area contributed by atoms with E-state index in [9.17, 15) is 18.0 Å². The number of carbonyl (C=O) groups is 2. The van der Waals surface area contributed by atoms with E-state index in [0.29, 0.717) is 5.02 Å². The minimum absolute atomic E-state index is 0.0236. The average Bonchev–Trinajstić information content (AvgIpc) is 2.95. The summed E-state index contributed by atoms with van der Waals surface area (Å²) in [6.45, 7) is 4.99. The van der Waals surface area contributed by atoms with Gasteiger partial charge in [0.05, 0.1) is 17.7 Å². The summed E-state index contributed by atoms with van der Waals surface area (Å²) in [5.41, 5.74) is 0.950. The van der Waals surface area contributed by atoms with Gasteiger partial charge in [0.25, 0.3) is 10.0 Å². The van der Waals surface area contributed by atoms with Crippen LogP contribution in [-0.4, -0.2) is 50.9 Å². The number of amides is 2. The predicted molar refractivity (Wildman–Crippen MR) is 153 cm³/mol. The van der Waals surface area contributed by atoms with Crippen LogP contribution in [0.1, 0.15) is 32.8 Å². The summed E-state index contributed by atoms with van der Waals surface area (Å²) >= 11 is 6.04. The lowest BCUT2D eigenvalue weighted by Crippen LogP contribution is -2.52. The Morgan fingerprint density at radius 1 is 0.949 bits per heavy atom. The molecular weight excluding hydrogens is 538 g/mol. The van der Waals surface area contributed by atoms with Crippen molar-refractivity contribution in [3.8, 4) is 5.75 Å². The number of sulfonamides is 1. The first kappa shape index (κ1) is 30.0. The van der Waals surface area contributed by atoms with Crippen LogP contribution >= 0.6 is 11.6 Å². The standard InChI is InChI=1S/C29H34ClN3O5S/c1-5-21(2)31-29(35)22(3)32(19-23-15-17-24(30)18-16-23)28(34)20-33(26-13-9-10-14-27(26)38-4)39(36,37)25-11-7-6-8-12-25/h6-18,21-22H,5,19-20H2,1-4H3,(H,31,35)/t21-,22+/m0/s1. The van der Waals surface area contributed by atoms with Crippen molar-refractivity contribution in [1.29, 1.82) is 0 Å². The van der Waals surface area contributed by atoms with Crippen LogP contribution in [-0.2, 0) is 26.2 Å². The molecule has 0 aliphatic carbocycles. The molecule has 208 valence electrons. The maximum absolute atomic E-state index is 14.0. The number of hydrogen-bond acceptors (Lipinski definition) is 5. The molecule has 3 aromatic rings. The Kier molecular flexibility index (Phi) is 10.4. The van der Waals surface area contributed by atoms with E-state index in [2.05, 4.69) is 5.32 Å². The van der Waals surface area contributed by atoms with Crippen molar-refractivity contribution < 1.29 is 22.7 Å². The van der Waals surface area contributed by atoms with E-state index in [-0.39, 0.29) is 34.8 Å². The summed E-state index contributed by atoms with van der Waals surface area (Å²) in [5, 5.41) is 3.45. The minimum Gasteiger partial charge on any atom is -0.495 e. The van der Waals surface area contributed by atoms with Gasteiger partial charge < -0.3 is 15.0 Å². The van der Waals surface area contributed by atoms with Crippen LogP contribution in [0.15, 0.2) is 83.8 Å². The minimum atomic E-state index is -4.17. The monoisotopic (exact) mass is 571 g/mol. The number of para-hydroxylation sites is 2. The highest BCUT2D eigenvalue weighted by Gasteiger charge is 2.33. The highest BCUT2D eigenvalue weighted by Crippen LogP contribution is 2.32. The van der Waals surface area contributed by atoms with Crippen LogP contribution < -0.4 is 14.4 Å². The second-order valence-electron chi connectivity index (χ2n) is 9.14. The van der Waals surface area contributed by atoms with Gasteiger partial charge in [-0.3, -0.25) is 13.9 Å². The number of halogens is 1. The molecule has 2 amide bonds. The highest BCUT2D eigenvalue weighted by atomic mass is 35.5. The van der Waals surface area contributed by atoms with E-state index in [1.54, 1.807) is 73.7 Å². The third kappa shape index (κ3) is 7.52. The first-order chi connectivity index (χ1) is 18.6. The van der Waals surface area contributed by atoms with Crippen molar-refractivity contribution in [3.05, 3.63) is 89.4 Å². The van der Waals surface area contributed by atoms with Gasteiger partial charge in [-0.05, 0) is 62.2 Å². The normalized spacial score (nSPS) is 12.7. The molecule has 3 rings (SSSR count). The summed E-state index contributed by atoms with van der Waals surface area (Å²) < 4.78 is 34.2. The molecule has 0 unspecified atom stereocenters. The summed E-state index contributed by atoms with van der Waals surface area (Å²) in [4.78, 5) is 28.5. The molecule has 0 aliphatic heterocycles. The van der Waals surface area contributed by atoms with Gasteiger partial charge in [0, 0.05) is 17.6 Å². The van der Waals surface area contributed by atoms with E-state index in [1.807, 2.05) is 13.8 Å². The fourth-order valence-electron chi connectivity index (χ4n) is 3.90. The van der Waals surface area contributed by atoms with Crippen LogP contribution in [0, 0.1) is 0 Å². The Labute approximate surface area is 235 Å². The lowest BCUT2D eigenvalue weighted by atomic mass is 10.1. The van der Waals surface area contributed by atoms with E-state index >= 15 is 0 Å². The Bertz CT molecular complexity index is 1370. The topological polar surface area (TPSA) is 96.0 Å². The molecule has 1 N–H and O–H groups in total. The lowest BCUT2D eigenvalue weighted by molar-refractivity contribution is -0.139. The lowest BCUT2D eigenvalue weighted by Gasteiger charge is -2.32. The zero-order chi connectivity index (χ0) is 28.6. The number of methoxy groups -OCH3 is 1. The smallest absolute Gasteiger partial charge is 0.264 e. The van der Waals surface area contributed by atoms with Crippen LogP contribution in [0.5, 0.6) is 5.75 Å². The van der Waals surface area contributed by atoms with Crippen molar-refractivity contribution in [1.82, 2.24) is 10.2 Å². The van der Waals surface area contributed by atoms with Crippen LogP contribution in [0.25, 0.3) is 0 Å². The van der Waals surface area contributed by atoms with Gasteiger partial charge in [-0.25, -0.2) is 8.42 Å². The summed E-state index contributed by atoms with van der Waals surface area (Å²) in [6.07, 6.45) is 0.723. The average molecular weight is 572 g/mol. The van der Waals surface area contributed by atoms with Gasteiger partial charge in [-0.15, -0.1) is 0 Å². The molecule has 0 aromatic heterocycles. The fraction of sp³-hybridized carbons (Fsp3) is 0.310. The number of hydrogen-bond donors (Lipinski definition) is 1. The summed E-state index contributed by atoms with van der Waals surface area (Å²) in [6, 6.07) is 20.4. The molecule has 0 radical (unpaired) electrons. The number of rotatable bonds is 12. The molecule has 0 heterocycles. The van der Waals surface area contributed by atoms with E-state index < -0.39 is 28.5 Å². The molecule has 10 heteroatoms. The van der Waals surface area contributed by atoms with Gasteiger partial charge in [0.1, 0.15) is 18.3 Å². The maximum atomic E-state index is 14.0. The predicted octanol–water partition coefficient (Wildman–Crippen LogP) is 4.88. The molecule has 0 bridgehead atoms. The zero-order valence-electron chi connectivity index (χ0n) is 22.5. The molecule has 39 heavy (non-hydrogen) atoms. The first-order valence-electron chi connectivity index (χ1n) is 12.6. The molecule has 0 fully saturated rings. The molecule has 0 saturated carbocycles. The zero-order valence-corrected chi connectivity index (χ0v) is 24.1. The Balaban J connectivity index is 2.04. The van der Waals surface area contributed by atoms with Crippen molar-refractivity contribution in [3.63, 3.8) is 0 Å². The Morgan fingerprint density at radius 3 is 2.18 bits per heavy atom.